The molecule has 0 N–H and O–H groups in total. The second-order valence-electron chi connectivity index (χ2n) is 5.81. The molecule has 3 amide bonds. The second kappa shape index (κ2) is 5.96. The first-order valence-corrected chi connectivity index (χ1v) is 7.61. The topological polar surface area (TPSA) is 53.1 Å². The Kier molecular flexibility index (Phi) is 4.02. The fourth-order valence-electron chi connectivity index (χ4n) is 3.23. The molecular formula is C16H21N3O3. The smallest absolute Gasteiger partial charge is 0.344 e. The van der Waals surface area contributed by atoms with Gasteiger partial charge in [-0.25, -0.2) is 9.86 Å². The monoisotopic (exact) mass is 303 g/mol. The third kappa shape index (κ3) is 2.54. The van der Waals surface area contributed by atoms with Crippen molar-refractivity contribution in [2.24, 2.45) is 5.92 Å². The number of carbonyl (C=O) groups is 2. The largest absolute Gasteiger partial charge is 0.344 e. The van der Waals surface area contributed by atoms with Crippen molar-refractivity contribution in [3.05, 3.63) is 35.9 Å². The molecule has 2 aliphatic rings. The Morgan fingerprint density at radius 2 is 1.91 bits per heavy atom. The molecule has 2 atom stereocenters. The van der Waals surface area contributed by atoms with Gasteiger partial charge in [0.1, 0.15) is 12.6 Å². The number of urea groups is 1. The lowest BCUT2D eigenvalue weighted by Crippen LogP contribution is -2.59. The highest BCUT2D eigenvalue weighted by atomic mass is 16.7. The lowest BCUT2D eigenvalue weighted by molar-refractivity contribution is -0.162. The van der Waals surface area contributed by atoms with E-state index in [0.717, 1.165) is 5.56 Å². The number of amides is 3. The third-order valence-corrected chi connectivity index (χ3v) is 4.35. The molecule has 3 rings (SSSR count). The van der Waals surface area contributed by atoms with Gasteiger partial charge in [-0.2, -0.15) is 0 Å². The summed E-state index contributed by atoms with van der Waals surface area (Å²) in [4.78, 5) is 33.8. The van der Waals surface area contributed by atoms with Gasteiger partial charge in [0.25, 0.3) is 0 Å². The Balaban J connectivity index is 1.71. The number of hydrogen-bond donors (Lipinski definition) is 0. The van der Waals surface area contributed by atoms with Gasteiger partial charge in [0.15, 0.2) is 0 Å². The Morgan fingerprint density at radius 1 is 1.18 bits per heavy atom. The Hall–Kier alpha value is -2.08. The van der Waals surface area contributed by atoms with Crippen LogP contribution in [0.3, 0.4) is 0 Å². The van der Waals surface area contributed by atoms with Crippen LogP contribution in [-0.4, -0.2) is 59.5 Å². The fraction of sp³-hybridized carbons (Fsp3) is 0.500. The molecule has 2 saturated heterocycles. The number of likely N-dealkylation sites (N-methyl/N-ethyl adjacent to an activating group) is 2. The minimum Gasteiger partial charge on any atom is -0.344 e. The van der Waals surface area contributed by atoms with E-state index < -0.39 is 0 Å². The van der Waals surface area contributed by atoms with E-state index in [0.29, 0.717) is 26.2 Å². The maximum atomic E-state index is 12.5. The van der Waals surface area contributed by atoms with Gasteiger partial charge >= 0.3 is 6.03 Å². The van der Waals surface area contributed by atoms with Gasteiger partial charge in [-0.15, -0.1) is 0 Å². The summed E-state index contributed by atoms with van der Waals surface area (Å²) in [5.41, 5.74) is 1.01. The molecule has 6 nitrogen and oxygen atoms in total. The van der Waals surface area contributed by atoms with Crippen molar-refractivity contribution in [2.45, 2.75) is 19.6 Å². The molecule has 0 spiro atoms. The molecule has 0 unspecified atom stereocenters. The van der Waals surface area contributed by atoms with E-state index >= 15 is 0 Å². The van der Waals surface area contributed by atoms with Crippen LogP contribution in [0.2, 0.25) is 0 Å². The highest BCUT2D eigenvalue weighted by molar-refractivity contribution is 5.90. The SMILES string of the molecule is CCN1C(=O)N(OCc2ccccc2)C[C@H]2CN(C)C(=O)[C@H]21. The quantitative estimate of drug-likeness (QED) is 0.843. The summed E-state index contributed by atoms with van der Waals surface area (Å²) in [5, 5.41) is 1.41. The molecule has 2 aliphatic heterocycles. The number of rotatable bonds is 4. The maximum absolute atomic E-state index is 12.5. The van der Waals surface area contributed by atoms with Crippen molar-refractivity contribution in [1.82, 2.24) is 14.9 Å². The molecule has 1 aromatic rings. The highest BCUT2D eigenvalue weighted by Gasteiger charge is 2.49. The van der Waals surface area contributed by atoms with E-state index in [2.05, 4.69) is 0 Å². The summed E-state index contributed by atoms with van der Waals surface area (Å²) in [6.45, 7) is 3.87. The van der Waals surface area contributed by atoms with E-state index in [4.69, 9.17) is 4.84 Å². The van der Waals surface area contributed by atoms with Crippen LogP contribution in [0.5, 0.6) is 0 Å². The minimum atomic E-state index is -0.334. The first-order valence-electron chi connectivity index (χ1n) is 7.61. The van der Waals surface area contributed by atoms with Crippen molar-refractivity contribution >= 4 is 11.9 Å². The Labute approximate surface area is 130 Å². The molecule has 0 radical (unpaired) electrons. The summed E-state index contributed by atoms with van der Waals surface area (Å²) >= 11 is 0. The lowest BCUT2D eigenvalue weighted by atomic mass is 9.99. The average Bonchev–Trinajstić information content (AvgIpc) is 2.81. The number of likely N-dealkylation sites (tertiary alicyclic amines) is 1. The minimum absolute atomic E-state index is 0.0305. The normalized spacial score (nSPS) is 24.9. The molecule has 0 aromatic heterocycles. The van der Waals surface area contributed by atoms with E-state index in [9.17, 15) is 9.59 Å². The standard InChI is InChI=1S/C16H21N3O3/c1-3-18-14-13(9-17(2)15(14)20)10-19(16(18)21)22-11-12-7-5-4-6-8-12/h4-8,13-14H,3,9-11H2,1-2H3/t13-,14+/m1/s1. The van der Waals surface area contributed by atoms with Gasteiger partial charge < -0.3 is 9.80 Å². The van der Waals surface area contributed by atoms with Crippen molar-refractivity contribution in [3.8, 4) is 0 Å². The Morgan fingerprint density at radius 3 is 2.59 bits per heavy atom. The van der Waals surface area contributed by atoms with Gasteiger partial charge in [-0.05, 0) is 12.5 Å². The van der Waals surface area contributed by atoms with Crippen LogP contribution in [-0.2, 0) is 16.2 Å². The van der Waals surface area contributed by atoms with E-state index in [1.165, 1.54) is 5.06 Å². The highest BCUT2D eigenvalue weighted by Crippen LogP contribution is 2.29. The molecule has 1 aromatic carbocycles. The molecule has 2 fully saturated rings. The number of carbonyl (C=O) groups excluding carboxylic acids is 2. The zero-order chi connectivity index (χ0) is 15.7. The summed E-state index contributed by atoms with van der Waals surface area (Å²) in [7, 11) is 1.79. The van der Waals surface area contributed by atoms with E-state index in [1.807, 2.05) is 37.3 Å². The summed E-state index contributed by atoms with van der Waals surface area (Å²) in [6, 6.07) is 9.19. The van der Waals surface area contributed by atoms with Crippen LogP contribution in [0.4, 0.5) is 4.79 Å². The molecular weight excluding hydrogens is 282 g/mol. The number of benzene rings is 1. The van der Waals surface area contributed by atoms with E-state index in [-0.39, 0.29) is 23.9 Å². The van der Waals surface area contributed by atoms with Crippen LogP contribution < -0.4 is 0 Å². The predicted octanol–water partition coefficient (Wildman–Crippen LogP) is 1.33. The van der Waals surface area contributed by atoms with Gasteiger partial charge in [0.05, 0.1) is 6.54 Å². The summed E-state index contributed by atoms with van der Waals surface area (Å²) in [5.74, 6) is 0.133. The molecule has 2 heterocycles. The van der Waals surface area contributed by atoms with Crippen molar-refractivity contribution in [1.29, 1.82) is 0 Å². The molecule has 0 saturated carbocycles. The zero-order valence-electron chi connectivity index (χ0n) is 12.9. The fourth-order valence-corrected chi connectivity index (χ4v) is 3.23. The predicted molar refractivity (Wildman–Crippen MR) is 80.6 cm³/mol. The number of fused-ring (bicyclic) bond motifs is 1. The maximum Gasteiger partial charge on any atom is 0.344 e. The molecule has 22 heavy (non-hydrogen) atoms. The van der Waals surface area contributed by atoms with Crippen LogP contribution in [0.25, 0.3) is 0 Å². The first kappa shape index (κ1) is 14.8. The lowest BCUT2D eigenvalue weighted by Gasteiger charge is -2.40. The van der Waals surface area contributed by atoms with Crippen LogP contribution in [0, 0.1) is 5.92 Å². The number of hydrogen-bond acceptors (Lipinski definition) is 3. The van der Waals surface area contributed by atoms with Crippen molar-refractivity contribution in [3.63, 3.8) is 0 Å². The zero-order valence-corrected chi connectivity index (χ0v) is 12.9. The molecule has 0 bridgehead atoms. The van der Waals surface area contributed by atoms with E-state index in [1.54, 1.807) is 16.8 Å². The Bertz CT molecular complexity index is 563. The first-order chi connectivity index (χ1) is 10.6. The summed E-state index contributed by atoms with van der Waals surface area (Å²) < 4.78 is 0. The molecule has 0 aliphatic carbocycles. The summed E-state index contributed by atoms with van der Waals surface area (Å²) in [6.07, 6.45) is 0. The number of hydroxylamine groups is 2. The number of nitrogens with zero attached hydrogens (tertiary/aromatic N) is 3. The van der Waals surface area contributed by atoms with Gasteiger partial charge in [0, 0.05) is 26.1 Å². The van der Waals surface area contributed by atoms with Crippen LogP contribution >= 0.6 is 0 Å². The van der Waals surface area contributed by atoms with Crippen LogP contribution in [0.1, 0.15) is 12.5 Å². The van der Waals surface area contributed by atoms with Gasteiger partial charge in [-0.1, -0.05) is 30.3 Å². The van der Waals surface area contributed by atoms with Crippen molar-refractivity contribution < 1.29 is 14.4 Å². The average molecular weight is 303 g/mol. The molecule has 6 heteroatoms. The van der Waals surface area contributed by atoms with Crippen molar-refractivity contribution in [2.75, 3.05) is 26.7 Å². The third-order valence-electron chi connectivity index (χ3n) is 4.35. The second-order valence-corrected chi connectivity index (χ2v) is 5.81. The molecule has 118 valence electrons. The van der Waals surface area contributed by atoms with Gasteiger partial charge in [-0.3, -0.25) is 9.63 Å². The van der Waals surface area contributed by atoms with Crippen LogP contribution in [0.15, 0.2) is 30.3 Å². The van der Waals surface area contributed by atoms with Gasteiger partial charge in [0.2, 0.25) is 5.91 Å².